The standard InChI is InChI=1S/C15H24ClN3/c1-5-14-6-13(8-16)7-15(17-14)19-9-11(2)18(4)12(3)10-19/h6-7,11-12H,5,8-10H2,1-4H3. The van der Waals surface area contributed by atoms with Crippen LogP contribution in [0.4, 0.5) is 5.82 Å². The second kappa shape index (κ2) is 6.10. The summed E-state index contributed by atoms with van der Waals surface area (Å²) in [5.41, 5.74) is 2.30. The van der Waals surface area contributed by atoms with Crippen LogP contribution in [0.5, 0.6) is 0 Å². The first kappa shape index (κ1) is 14.6. The number of nitrogens with zero attached hydrogens (tertiary/aromatic N) is 3. The first-order valence-corrected chi connectivity index (χ1v) is 7.61. The van der Waals surface area contributed by atoms with Crippen molar-refractivity contribution in [2.24, 2.45) is 0 Å². The van der Waals surface area contributed by atoms with Gasteiger partial charge in [0.25, 0.3) is 0 Å². The molecule has 1 aromatic rings. The molecule has 2 unspecified atom stereocenters. The Morgan fingerprint density at radius 3 is 2.42 bits per heavy atom. The summed E-state index contributed by atoms with van der Waals surface area (Å²) in [6, 6.07) is 5.35. The van der Waals surface area contributed by atoms with E-state index in [1.807, 2.05) is 0 Å². The molecule has 0 aromatic carbocycles. The molecule has 1 aromatic heterocycles. The average Bonchev–Trinajstić information content (AvgIpc) is 2.43. The van der Waals surface area contributed by atoms with E-state index < -0.39 is 0 Å². The number of aryl methyl sites for hydroxylation is 1. The molecule has 0 aliphatic carbocycles. The van der Waals surface area contributed by atoms with Gasteiger partial charge in [0.2, 0.25) is 0 Å². The average molecular weight is 282 g/mol. The van der Waals surface area contributed by atoms with Crippen molar-refractivity contribution in [3.63, 3.8) is 0 Å². The van der Waals surface area contributed by atoms with Crippen LogP contribution in [-0.2, 0) is 12.3 Å². The zero-order valence-electron chi connectivity index (χ0n) is 12.4. The summed E-state index contributed by atoms with van der Waals surface area (Å²) >= 11 is 5.99. The molecule has 4 heteroatoms. The third-order valence-corrected chi connectivity index (χ3v) is 4.43. The van der Waals surface area contributed by atoms with Crippen molar-refractivity contribution in [3.8, 4) is 0 Å². The quantitative estimate of drug-likeness (QED) is 0.794. The van der Waals surface area contributed by atoms with E-state index in [0.717, 1.165) is 31.0 Å². The van der Waals surface area contributed by atoms with Gasteiger partial charge in [-0.2, -0.15) is 0 Å². The predicted molar refractivity (Wildman–Crippen MR) is 82.1 cm³/mol. The molecule has 0 N–H and O–H groups in total. The highest BCUT2D eigenvalue weighted by molar-refractivity contribution is 6.17. The van der Waals surface area contributed by atoms with Crippen molar-refractivity contribution in [1.29, 1.82) is 0 Å². The third-order valence-electron chi connectivity index (χ3n) is 4.12. The van der Waals surface area contributed by atoms with E-state index in [4.69, 9.17) is 16.6 Å². The minimum atomic E-state index is 0.551. The minimum absolute atomic E-state index is 0.551. The van der Waals surface area contributed by atoms with E-state index in [9.17, 15) is 0 Å². The highest BCUT2D eigenvalue weighted by atomic mass is 35.5. The number of anilines is 1. The highest BCUT2D eigenvalue weighted by Gasteiger charge is 2.27. The van der Waals surface area contributed by atoms with Crippen LogP contribution >= 0.6 is 11.6 Å². The Morgan fingerprint density at radius 2 is 1.89 bits per heavy atom. The Bertz CT molecular complexity index is 401. The maximum Gasteiger partial charge on any atom is 0.129 e. The zero-order chi connectivity index (χ0) is 14.0. The van der Waals surface area contributed by atoms with Gasteiger partial charge in [0, 0.05) is 36.7 Å². The SMILES string of the molecule is CCc1cc(CCl)cc(N2CC(C)N(C)C(C)C2)n1. The van der Waals surface area contributed by atoms with Gasteiger partial charge in [0.1, 0.15) is 5.82 Å². The van der Waals surface area contributed by atoms with Gasteiger partial charge in [-0.1, -0.05) is 6.92 Å². The Kier molecular flexibility index (Phi) is 4.69. The number of rotatable bonds is 3. The fourth-order valence-electron chi connectivity index (χ4n) is 2.64. The highest BCUT2D eigenvalue weighted by Crippen LogP contribution is 2.22. The molecule has 1 saturated heterocycles. The Balaban J connectivity index is 2.26. The fourth-order valence-corrected chi connectivity index (χ4v) is 2.80. The van der Waals surface area contributed by atoms with Gasteiger partial charge in [-0.15, -0.1) is 11.6 Å². The van der Waals surface area contributed by atoms with Crippen molar-refractivity contribution in [2.45, 2.75) is 45.2 Å². The lowest BCUT2D eigenvalue weighted by Gasteiger charge is -2.43. The van der Waals surface area contributed by atoms with Crippen molar-refractivity contribution < 1.29 is 0 Å². The van der Waals surface area contributed by atoms with Crippen LogP contribution in [0.25, 0.3) is 0 Å². The van der Waals surface area contributed by atoms with E-state index >= 15 is 0 Å². The van der Waals surface area contributed by atoms with E-state index in [1.54, 1.807) is 0 Å². The molecule has 0 amide bonds. The lowest BCUT2D eigenvalue weighted by molar-refractivity contribution is 0.169. The normalized spacial score (nSPS) is 24.8. The van der Waals surface area contributed by atoms with Gasteiger partial charge in [0.05, 0.1) is 0 Å². The monoisotopic (exact) mass is 281 g/mol. The van der Waals surface area contributed by atoms with Crippen LogP contribution in [0, 0.1) is 0 Å². The number of halogens is 1. The first-order chi connectivity index (χ1) is 9.05. The molecule has 19 heavy (non-hydrogen) atoms. The van der Waals surface area contributed by atoms with Crippen molar-refractivity contribution in [2.75, 3.05) is 25.0 Å². The lowest BCUT2D eigenvalue weighted by Crippen LogP contribution is -2.55. The number of aromatic nitrogens is 1. The molecule has 2 rings (SSSR count). The van der Waals surface area contributed by atoms with Crippen molar-refractivity contribution in [3.05, 3.63) is 23.4 Å². The molecule has 2 heterocycles. The number of alkyl halides is 1. The summed E-state index contributed by atoms with van der Waals surface area (Å²) in [5.74, 6) is 1.64. The van der Waals surface area contributed by atoms with Gasteiger partial charge in [-0.05, 0) is 45.0 Å². The van der Waals surface area contributed by atoms with Crippen molar-refractivity contribution in [1.82, 2.24) is 9.88 Å². The molecule has 2 atom stereocenters. The number of likely N-dealkylation sites (N-methyl/N-ethyl adjacent to an activating group) is 1. The molecule has 1 aliphatic heterocycles. The molecular formula is C15H24ClN3. The first-order valence-electron chi connectivity index (χ1n) is 7.07. The fraction of sp³-hybridized carbons (Fsp3) is 0.667. The number of pyridine rings is 1. The second-order valence-electron chi connectivity index (χ2n) is 5.58. The largest absolute Gasteiger partial charge is 0.353 e. The predicted octanol–water partition coefficient (Wildman–Crippen LogP) is 2.91. The summed E-state index contributed by atoms with van der Waals surface area (Å²) in [7, 11) is 2.20. The summed E-state index contributed by atoms with van der Waals surface area (Å²) in [4.78, 5) is 9.59. The number of hydrogen-bond acceptors (Lipinski definition) is 3. The minimum Gasteiger partial charge on any atom is -0.353 e. The van der Waals surface area contributed by atoms with Crippen molar-refractivity contribution >= 4 is 17.4 Å². The van der Waals surface area contributed by atoms with Crippen LogP contribution in [0.2, 0.25) is 0 Å². The van der Waals surface area contributed by atoms with Gasteiger partial charge >= 0.3 is 0 Å². The smallest absolute Gasteiger partial charge is 0.129 e. The zero-order valence-corrected chi connectivity index (χ0v) is 13.1. The third kappa shape index (κ3) is 3.21. The van der Waals surface area contributed by atoms with Crippen LogP contribution in [-0.4, -0.2) is 42.1 Å². The van der Waals surface area contributed by atoms with Gasteiger partial charge in [-0.3, -0.25) is 4.90 Å². The maximum atomic E-state index is 5.99. The Labute approximate surface area is 121 Å². The summed E-state index contributed by atoms with van der Waals surface area (Å²) in [5, 5.41) is 0. The van der Waals surface area contributed by atoms with Gasteiger partial charge < -0.3 is 4.90 Å². The van der Waals surface area contributed by atoms with Gasteiger partial charge in [0.15, 0.2) is 0 Å². The van der Waals surface area contributed by atoms with Crippen LogP contribution < -0.4 is 4.90 Å². The van der Waals surface area contributed by atoms with Gasteiger partial charge in [-0.25, -0.2) is 4.98 Å². The van der Waals surface area contributed by atoms with E-state index in [0.29, 0.717) is 18.0 Å². The van der Waals surface area contributed by atoms with E-state index in [2.05, 4.69) is 49.8 Å². The number of hydrogen-bond donors (Lipinski definition) is 0. The molecular weight excluding hydrogens is 258 g/mol. The van der Waals surface area contributed by atoms with Crippen LogP contribution in [0.15, 0.2) is 12.1 Å². The number of piperazine rings is 1. The second-order valence-corrected chi connectivity index (χ2v) is 5.85. The molecule has 0 bridgehead atoms. The maximum absolute atomic E-state index is 5.99. The molecule has 1 aliphatic rings. The van der Waals surface area contributed by atoms with Crippen LogP contribution in [0.3, 0.4) is 0 Å². The molecule has 106 valence electrons. The molecule has 0 spiro atoms. The molecule has 3 nitrogen and oxygen atoms in total. The molecule has 0 saturated carbocycles. The van der Waals surface area contributed by atoms with E-state index in [-0.39, 0.29) is 0 Å². The summed E-state index contributed by atoms with van der Waals surface area (Å²) < 4.78 is 0. The Morgan fingerprint density at radius 1 is 1.26 bits per heavy atom. The topological polar surface area (TPSA) is 19.4 Å². The molecule has 0 radical (unpaired) electrons. The summed E-state index contributed by atoms with van der Waals surface area (Å²) in [6.45, 7) is 8.74. The molecule has 1 fully saturated rings. The van der Waals surface area contributed by atoms with Crippen LogP contribution in [0.1, 0.15) is 32.0 Å². The summed E-state index contributed by atoms with van der Waals surface area (Å²) in [6.07, 6.45) is 0.955. The Hall–Kier alpha value is -0.800. The van der Waals surface area contributed by atoms with E-state index in [1.165, 1.54) is 5.56 Å². The lowest BCUT2D eigenvalue weighted by atomic mass is 10.1.